The summed E-state index contributed by atoms with van der Waals surface area (Å²) in [6.07, 6.45) is 0. The molecule has 2 rings (SSSR count). The lowest BCUT2D eigenvalue weighted by Crippen LogP contribution is -2.32. The maximum absolute atomic E-state index is 12.3. The van der Waals surface area contributed by atoms with Gasteiger partial charge in [-0.05, 0) is 57.0 Å². The lowest BCUT2D eigenvalue weighted by Gasteiger charge is -2.17. The van der Waals surface area contributed by atoms with Crippen LogP contribution in [-0.4, -0.2) is 17.7 Å². The second-order valence-electron chi connectivity index (χ2n) is 5.81. The fourth-order valence-electron chi connectivity index (χ4n) is 2.26. The first-order chi connectivity index (χ1) is 10.9. The number of ketones is 1. The molecule has 120 valence electrons. The molecule has 23 heavy (non-hydrogen) atoms. The van der Waals surface area contributed by atoms with E-state index in [0.717, 1.165) is 16.8 Å². The van der Waals surface area contributed by atoms with Crippen LogP contribution in [0.15, 0.2) is 42.5 Å². The van der Waals surface area contributed by atoms with Gasteiger partial charge >= 0.3 is 0 Å². The molecule has 0 aliphatic heterocycles. The average molecular weight is 310 g/mol. The molecule has 2 aromatic carbocycles. The topological polar surface area (TPSA) is 58.2 Å². The van der Waals surface area contributed by atoms with Crippen molar-refractivity contribution >= 4 is 23.1 Å². The molecule has 0 saturated carbocycles. The van der Waals surface area contributed by atoms with E-state index >= 15 is 0 Å². The van der Waals surface area contributed by atoms with Crippen LogP contribution in [0.2, 0.25) is 0 Å². The van der Waals surface area contributed by atoms with Gasteiger partial charge in [-0.3, -0.25) is 9.59 Å². The molecule has 0 saturated heterocycles. The summed E-state index contributed by atoms with van der Waals surface area (Å²) in [5.74, 6) is -0.172. The van der Waals surface area contributed by atoms with Gasteiger partial charge in [0, 0.05) is 16.9 Å². The van der Waals surface area contributed by atoms with Crippen molar-refractivity contribution in [2.45, 2.75) is 33.7 Å². The highest BCUT2D eigenvalue weighted by atomic mass is 16.2. The summed E-state index contributed by atoms with van der Waals surface area (Å²) in [4.78, 5) is 23.7. The molecule has 0 aliphatic carbocycles. The van der Waals surface area contributed by atoms with Crippen LogP contribution >= 0.6 is 0 Å². The number of carbonyl (C=O) groups excluding carboxylic acids is 2. The van der Waals surface area contributed by atoms with Crippen molar-refractivity contribution in [2.75, 3.05) is 10.6 Å². The zero-order valence-corrected chi connectivity index (χ0v) is 13.9. The second-order valence-corrected chi connectivity index (χ2v) is 5.81. The van der Waals surface area contributed by atoms with E-state index in [-0.39, 0.29) is 11.7 Å². The van der Waals surface area contributed by atoms with Gasteiger partial charge in [-0.25, -0.2) is 0 Å². The van der Waals surface area contributed by atoms with E-state index in [4.69, 9.17) is 0 Å². The van der Waals surface area contributed by atoms with Crippen molar-refractivity contribution in [3.63, 3.8) is 0 Å². The highest BCUT2D eigenvalue weighted by Crippen LogP contribution is 2.18. The van der Waals surface area contributed by atoms with Gasteiger partial charge in [-0.15, -0.1) is 0 Å². The Kier molecular flexibility index (Phi) is 5.16. The molecule has 2 N–H and O–H groups in total. The molecule has 4 nitrogen and oxygen atoms in total. The molecule has 4 heteroatoms. The fourth-order valence-corrected chi connectivity index (χ4v) is 2.26. The minimum absolute atomic E-state index is 0.0253. The van der Waals surface area contributed by atoms with Gasteiger partial charge in [0.05, 0.1) is 0 Å². The van der Waals surface area contributed by atoms with E-state index in [2.05, 4.69) is 10.6 Å². The number of carbonyl (C=O) groups is 2. The fraction of sp³-hybridized carbons (Fsp3) is 0.263. The third-order valence-corrected chi connectivity index (χ3v) is 3.69. The molecule has 0 aromatic heterocycles. The quantitative estimate of drug-likeness (QED) is 0.822. The van der Waals surface area contributed by atoms with Gasteiger partial charge < -0.3 is 10.6 Å². The van der Waals surface area contributed by atoms with Crippen LogP contribution in [0.4, 0.5) is 11.4 Å². The first-order valence-electron chi connectivity index (χ1n) is 7.62. The minimum Gasteiger partial charge on any atom is -0.374 e. The Balaban J connectivity index is 2.07. The highest BCUT2D eigenvalue weighted by Gasteiger charge is 2.14. The maximum atomic E-state index is 12.3. The van der Waals surface area contributed by atoms with Gasteiger partial charge in [0.1, 0.15) is 6.04 Å². The lowest BCUT2D eigenvalue weighted by molar-refractivity contribution is -0.116. The summed E-state index contributed by atoms with van der Waals surface area (Å²) in [6, 6.07) is 12.6. The number of hydrogen-bond donors (Lipinski definition) is 2. The maximum Gasteiger partial charge on any atom is 0.246 e. The van der Waals surface area contributed by atoms with Gasteiger partial charge in [0.25, 0.3) is 0 Å². The molecule has 0 radical (unpaired) electrons. The number of benzene rings is 2. The SMILES string of the molecule is CC(=O)c1cccc(NC(=O)C(C)Nc2cc(C)ccc2C)c1. The molecular formula is C19H22N2O2. The van der Waals surface area contributed by atoms with E-state index < -0.39 is 6.04 Å². The number of Topliss-reactive ketones (excluding diaryl/α,β-unsaturated/α-hetero) is 1. The molecule has 0 heterocycles. The van der Waals surface area contributed by atoms with Crippen molar-refractivity contribution < 1.29 is 9.59 Å². The van der Waals surface area contributed by atoms with E-state index in [0.29, 0.717) is 11.3 Å². The van der Waals surface area contributed by atoms with Crippen LogP contribution in [-0.2, 0) is 4.79 Å². The number of nitrogens with one attached hydrogen (secondary N) is 2. The van der Waals surface area contributed by atoms with Gasteiger partial charge in [-0.1, -0.05) is 24.3 Å². The van der Waals surface area contributed by atoms with Crippen molar-refractivity contribution in [3.05, 3.63) is 59.2 Å². The zero-order valence-electron chi connectivity index (χ0n) is 13.9. The molecule has 1 amide bonds. The molecular weight excluding hydrogens is 288 g/mol. The zero-order chi connectivity index (χ0) is 17.0. The van der Waals surface area contributed by atoms with Crippen molar-refractivity contribution in [3.8, 4) is 0 Å². The van der Waals surface area contributed by atoms with E-state index in [1.54, 1.807) is 24.3 Å². The summed E-state index contributed by atoms with van der Waals surface area (Å²) < 4.78 is 0. The van der Waals surface area contributed by atoms with E-state index in [9.17, 15) is 9.59 Å². The van der Waals surface area contributed by atoms with Crippen LogP contribution in [0.5, 0.6) is 0 Å². The van der Waals surface area contributed by atoms with E-state index in [1.807, 2.05) is 39.0 Å². The predicted molar refractivity (Wildman–Crippen MR) is 94.1 cm³/mol. The number of aryl methyl sites for hydroxylation is 2. The third kappa shape index (κ3) is 4.42. The average Bonchev–Trinajstić information content (AvgIpc) is 2.51. The van der Waals surface area contributed by atoms with Crippen LogP contribution in [0.1, 0.15) is 35.3 Å². The molecule has 1 atom stereocenters. The standard InChI is InChI=1S/C19H22N2O2/c1-12-8-9-13(2)18(10-12)20-14(3)19(23)21-17-7-5-6-16(11-17)15(4)22/h5-11,14,20H,1-4H3,(H,21,23). The second kappa shape index (κ2) is 7.09. The van der Waals surface area contributed by atoms with Crippen molar-refractivity contribution in [2.24, 2.45) is 0 Å². The van der Waals surface area contributed by atoms with Gasteiger partial charge in [0.2, 0.25) is 5.91 Å². The molecule has 0 spiro atoms. The van der Waals surface area contributed by atoms with Crippen molar-refractivity contribution in [1.29, 1.82) is 0 Å². The third-order valence-electron chi connectivity index (χ3n) is 3.69. The Bertz CT molecular complexity index is 738. The molecule has 0 fully saturated rings. The van der Waals surface area contributed by atoms with Crippen LogP contribution < -0.4 is 10.6 Å². The summed E-state index contributed by atoms with van der Waals surface area (Å²) in [7, 11) is 0. The number of rotatable bonds is 5. The van der Waals surface area contributed by atoms with Crippen LogP contribution in [0, 0.1) is 13.8 Å². The molecule has 2 aromatic rings. The first kappa shape index (κ1) is 16.7. The van der Waals surface area contributed by atoms with Gasteiger partial charge in [0.15, 0.2) is 5.78 Å². The van der Waals surface area contributed by atoms with Gasteiger partial charge in [-0.2, -0.15) is 0 Å². The molecule has 0 bridgehead atoms. The largest absolute Gasteiger partial charge is 0.374 e. The Morgan fingerprint density at radius 2 is 1.78 bits per heavy atom. The monoisotopic (exact) mass is 310 g/mol. The summed E-state index contributed by atoms with van der Waals surface area (Å²) in [5.41, 5.74) is 4.38. The number of anilines is 2. The summed E-state index contributed by atoms with van der Waals surface area (Å²) in [5, 5.41) is 6.07. The number of hydrogen-bond acceptors (Lipinski definition) is 3. The Morgan fingerprint density at radius 1 is 1.04 bits per heavy atom. The Morgan fingerprint density at radius 3 is 2.48 bits per heavy atom. The minimum atomic E-state index is -0.392. The lowest BCUT2D eigenvalue weighted by atomic mass is 10.1. The van der Waals surface area contributed by atoms with Crippen LogP contribution in [0.25, 0.3) is 0 Å². The first-order valence-corrected chi connectivity index (χ1v) is 7.62. The van der Waals surface area contributed by atoms with Crippen molar-refractivity contribution in [1.82, 2.24) is 0 Å². The summed E-state index contributed by atoms with van der Waals surface area (Å²) in [6.45, 7) is 7.34. The Labute approximate surface area is 136 Å². The normalized spacial score (nSPS) is 11.7. The highest BCUT2D eigenvalue weighted by molar-refractivity contribution is 5.99. The van der Waals surface area contributed by atoms with E-state index in [1.165, 1.54) is 6.92 Å². The molecule has 1 unspecified atom stereocenters. The Hall–Kier alpha value is -2.62. The molecule has 0 aliphatic rings. The predicted octanol–water partition coefficient (Wildman–Crippen LogP) is 3.95. The summed E-state index contributed by atoms with van der Waals surface area (Å²) >= 11 is 0. The number of amides is 1. The van der Waals surface area contributed by atoms with Crippen LogP contribution in [0.3, 0.4) is 0 Å². The smallest absolute Gasteiger partial charge is 0.246 e.